The molecular weight excluding hydrogens is 401 g/mol. The Labute approximate surface area is 181 Å². The molecule has 4 nitrogen and oxygen atoms in total. The second-order valence-corrected chi connectivity index (χ2v) is 8.10. The zero-order valence-electron chi connectivity index (χ0n) is 17.8. The first kappa shape index (κ1) is 22.0. The molecule has 1 heterocycles. The number of carbonyl (C=O) groups is 1. The standard InChI is InChI=1S/C24H26FNO3S/c1-6-14(3)21(24(27)28)22-15(4)26(23(30)16-9-7-13(2)8-10-16)19-12-18(25)20(29-5)11-17(19)22/h7-12,14,21H,6H2,1-5H3,(H,27,28)/t14-,21?/m0/s1. The van der Waals surface area contributed by atoms with Crippen LogP contribution in [0.1, 0.15) is 48.6 Å². The molecule has 30 heavy (non-hydrogen) atoms. The lowest BCUT2D eigenvalue weighted by atomic mass is 9.84. The van der Waals surface area contributed by atoms with Crippen LogP contribution in [0.15, 0.2) is 36.4 Å². The Kier molecular flexibility index (Phi) is 6.27. The highest BCUT2D eigenvalue weighted by Crippen LogP contribution is 2.39. The normalized spacial score (nSPS) is 13.3. The number of aliphatic carboxylic acids is 1. The quantitative estimate of drug-likeness (QED) is 0.502. The van der Waals surface area contributed by atoms with Gasteiger partial charge in [-0.1, -0.05) is 62.3 Å². The number of benzene rings is 2. The average molecular weight is 428 g/mol. The Morgan fingerprint density at radius 3 is 2.40 bits per heavy atom. The zero-order chi connectivity index (χ0) is 22.2. The Morgan fingerprint density at radius 2 is 1.87 bits per heavy atom. The molecule has 0 radical (unpaired) electrons. The van der Waals surface area contributed by atoms with Gasteiger partial charge in [-0.15, -0.1) is 0 Å². The van der Waals surface area contributed by atoms with Crippen molar-refractivity contribution in [2.45, 2.75) is 40.0 Å². The van der Waals surface area contributed by atoms with Crippen molar-refractivity contribution >= 4 is 34.1 Å². The van der Waals surface area contributed by atoms with Crippen LogP contribution in [-0.2, 0) is 4.79 Å². The maximum atomic E-state index is 14.6. The van der Waals surface area contributed by atoms with E-state index in [-0.39, 0.29) is 11.7 Å². The highest BCUT2D eigenvalue weighted by atomic mass is 32.1. The van der Waals surface area contributed by atoms with Crippen LogP contribution in [0.5, 0.6) is 5.75 Å². The fourth-order valence-electron chi connectivity index (χ4n) is 3.96. The van der Waals surface area contributed by atoms with Crippen molar-refractivity contribution in [2.24, 2.45) is 5.92 Å². The minimum absolute atomic E-state index is 0.0791. The Morgan fingerprint density at radius 1 is 1.23 bits per heavy atom. The molecule has 1 aromatic heterocycles. The highest BCUT2D eigenvalue weighted by molar-refractivity contribution is 7.80. The number of hydrogen-bond donors (Lipinski definition) is 1. The van der Waals surface area contributed by atoms with Crippen LogP contribution in [0.2, 0.25) is 0 Å². The molecule has 2 atom stereocenters. The lowest BCUT2D eigenvalue weighted by molar-refractivity contribution is -0.140. The number of aromatic nitrogens is 1. The van der Waals surface area contributed by atoms with Crippen molar-refractivity contribution in [3.8, 4) is 5.75 Å². The lowest BCUT2D eigenvalue weighted by Crippen LogP contribution is -2.21. The Bertz CT molecular complexity index is 1120. The van der Waals surface area contributed by atoms with Crippen molar-refractivity contribution in [3.63, 3.8) is 0 Å². The summed E-state index contributed by atoms with van der Waals surface area (Å²) in [5.74, 6) is -2.19. The first-order chi connectivity index (χ1) is 14.2. The molecule has 0 amide bonds. The third-order valence-electron chi connectivity index (χ3n) is 5.82. The molecule has 0 aliphatic heterocycles. The molecule has 3 rings (SSSR count). The van der Waals surface area contributed by atoms with E-state index in [4.69, 9.17) is 17.0 Å². The van der Waals surface area contributed by atoms with Crippen molar-refractivity contribution in [1.29, 1.82) is 0 Å². The van der Waals surface area contributed by atoms with Gasteiger partial charge < -0.3 is 14.4 Å². The van der Waals surface area contributed by atoms with E-state index >= 15 is 0 Å². The van der Waals surface area contributed by atoms with E-state index in [1.165, 1.54) is 13.2 Å². The molecule has 0 saturated carbocycles. The molecule has 0 spiro atoms. The Hall–Kier alpha value is -2.73. The molecular formula is C24H26FNO3S. The van der Waals surface area contributed by atoms with Crippen LogP contribution in [0.25, 0.3) is 10.9 Å². The fraction of sp³-hybridized carbons (Fsp3) is 0.333. The van der Waals surface area contributed by atoms with E-state index in [0.717, 1.165) is 11.1 Å². The maximum Gasteiger partial charge on any atom is 0.311 e. The van der Waals surface area contributed by atoms with Gasteiger partial charge in [-0.3, -0.25) is 4.79 Å². The van der Waals surface area contributed by atoms with Crippen molar-refractivity contribution < 1.29 is 19.0 Å². The summed E-state index contributed by atoms with van der Waals surface area (Å²) in [5.41, 5.74) is 3.82. The van der Waals surface area contributed by atoms with E-state index < -0.39 is 17.7 Å². The second-order valence-electron chi connectivity index (χ2n) is 7.71. The lowest BCUT2D eigenvalue weighted by Gasteiger charge is -2.20. The van der Waals surface area contributed by atoms with Gasteiger partial charge in [-0.2, -0.15) is 0 Å². The fourth-order valence-corrected chi connectivity index (χ4v) is 4.33. The number of ether oxygens (including phenoxy) is 1. The van der Waals surface area contributed by atoms with Gasteiger partial charge in [-0.05, 0) is 31.4 Å². The third-order valence-corrected chi connectivity index (χ3v) is 6.24. The number of hydrogen-bond acceptors (Lipinski definition) is 3. The van der Waals surface area contributed by atoms with Crippen molar-refractivity contribution in [1.82, 2.24) is 4.57 Å². The van der Waals surface area contributed by atoms with Crippen LogP contribution in [0.4, 0.5) is 4.39 Å². The van der Waals surface area contributed by atoms with Gasteiger partial charge in [0.1, 0.15) is 4.99 Å². The first-order valence-electron chi connectivity index (χ1n) is 9.93. The Balaban J connectivity index is 2.36. The molecule has 1 unspecified atom stereocenters. The summed E-state index contributed by atoms with van der Waals surface area (Å²) < 4.78 is 21.6. The van der Waals surface area contributed by atoms with Crippen LogP contribution in [0.3, 0.4) is 0 Å². The molecule has 0 bridgehead atoms. The highest BCUT2D eigenvalue weighted by Gasteiger charge is 2.32. The number of carboxylic acid groups (broad SMARTS) is 1. The minimum atomic E-state index is -0.906. The largest absolute Gasteiger partial charge is 0.494 e. The monoisotopic (exact) mass is 427 g/mol. The summed E-state index contributed by atoms with van der Waals surface area (Å²) >= 11 is 5.77. The molecule has 158 valence electrons. The first-order valence-corrected chi connectivity index (χ1v) is 10.3. The van der Waals surface area contributed by atoms with E-state index in [1.807, 2.05) is 52.0 Å². The third kappa shape index (κ3) is 3.72. The molecule has 0 aliphatic rings. The summed E-state index contributed by atoms with van der Waals surface area (Å²) in [6.45, 7) is 7.72. The maximum absolute atomic E-state index is 14.6. The van der Waals surface area contributed by atoms with Gasteiger partial charge in [0.25, 0.3) is 0 Å². The number of rotatable bonds is 6. The van der Waals surface area contributed by atoms with Gasteiger partial charge in [0.15, 0.2) is 11.6 Å². The number of thiocarbonyl (C=S) groups is 1. The number of carboxylic acids is 1. The topological polar surface area (TPSA) is 51.5 Å². The molecule has 2 aromatic carbocycles. The van der Waals surface area contributed by atoms with Gasteiger partial charge in [-0.25, -0.2) is 4.39 Å². The summed E-state index contributed by atoms with van der Waals surface area (Å²) in [6.07, 6.45) is 0.698. The molecule has 6 heteroatoms. The minimum Gasteiger partial charge on any atom is -0.494 e. The summed E-state index contributed by atoms with van der Waals surface area (Å²) in [6, 6.07) is 10.7. The van der Waals surface area contributed by atoms with Crippen LogP contribution >= 0.6 is 12.2 Å². The second kappa shape index (κ2) is 8.56. The SMILES string of the molecule is CC[C@H](C)C(C(=O)O)c1c(C)n(C(=S)c2ccc(C)cc2)c2cc(F)c(OC)cc12. The molecule has 1 N–H and O–H groups in total. The van der Waals surface area contributed by atoms with E-state index in [0.29, 0.717) is 33.6 Å². The molecule has 0 aliphatic carbocycles. The smallest absolute Gasteiger partial charge is 0.311 e. The zero-order valence-corrected chi connectivity index (χ0v) is 18.6. The van der Waals surface area contributed by atoms with Crippen molar-refractivity contribution in [2.75, 3.05) is 7.11 Å². The molecule has 0 fully saturated rings. The van der Waals surface area contributed by atoms with Crippen LogP contribution < -0.4 is 4.74 Å². The van der Waals surface area contributed by atoms with E-state index in [1.54, 1.807) is 10.6 Å². The predicted molar refractivity (Wildman–Crippen MR) is 121 cm³/mol. The molecule has 3 aromatic rings. The van der Waals surface area contributed by atoms with Gasteiger partial charge in [0.2, 0.25) is 0 Å². The predicted octanol–water partition coefficient (Wildman–Crippen LogP) is 5.84. The van der Waals surface area contributed by atoms with Gasteiger partial charge >= 0.3 is 5.97 Å². The number of fused-ring (bicyclic) bond motifs is 1. The van der Waals surface area contributed by atoms with Gasteiger partial charge in [0, 0.05) is 22.7 Å². The number of methoxy groups -OCH3 is 1. The summed E-state index contributed by atoms with van der Waals surface area (Å²) in [5, 5.41) is 10.7. The van der Waals surface area contributed by atoms with Crippen molar-refractivity contribution in [3.05, 3.63) is 64.6 Å². The van der Waals surface area contributed by atoms with Crippen LogP contribution in [0, 0.1) is 25.6 Å². The number of halogens is 1. The summed E-state index contributed by atoms with van der Waals surface area (Å²) in [7, 11) is 1.40. The molecule has 0 saturated heterocycles. The number of aryl methyl sites for hydroxylation is 1. The van der Waals surface area contributed by atoms with E-state index in [2.05, 4.69) is 0 Å². The number of nitrogens with zero attached hydrogens (tertiary/aromatic N) is 1. The average Bonchev–Trinajstić information content (AvgIpc) is 2.98. The summed E-state index contributed by atoms with van der Waals surface area (Å²) in [4.78, 5) is 12.8. The van der Waals surface area contributed by atoms with Gasteiger partial charge in [0.05, 0.1) is 18.5 Å². The van der Waals surface area contributed by atoms with Crippen LogP contribution in [-0.4, -0.2) is 27.7 Å². The van der Waals surface area contributed by atoms with E-state index in [9.17, 15) is 14.3 Å².